The van der Waals surface area contributed by atoms with Crippen LogP contribution in [0, 0.1) is 5.92 Å². The smallest absolute Gasteiger partial charge is 0.166 e. The summed E-state index contributed by atoms with van der Waals surface area (Å²) in [6.45, 7) is 2.02. The maximum Gasteiger partial charge on any atom is 0.166 e. The van der Waals surface area contributed by atoms with Crippen molar-refractivity contribution in [3.05, 3.63) is 83.9 Å². The third-order valence-corrected chi connectivity index (χ3v) is 4.65. The number of Topliss-reactive ketones (excluding diaryl/α,β-unsaturated/α-hetero) is 1. The lowest BCUT2D eigenvalue weighted by Crippen LogP contribution is -2.04. The molecule has 0 aromatic heterocycles. The Bertz CT molecular complexity index is 877. The van der Waals surface area contributed by atoms with Gasteiger partial charge in [0, 0.05) is 11.5 Å². The molecule has 4 rings (SSSR count). The first kappa shape index (κ1) is 14.0. The summed E-state index contributed by atoms with van der Waals surface area (Å²) in [5, 5.41) is 0. The van der Waals surface area contributed by atoms with E-state index in [1.807, 2.05) is 25.1 Å². The number of carbonyl (C=O) groups excluding carboxylic acids is 1. The van der Waals surface area contributed by atoms with Gasteiger partial charge >= 0.3 is 0 Å². The van der Waals surface area contributed by atoms with Gasteiger partial charge in [0.1, 0.15) is 0 Å². The van der Waals surface area contributed by atoms with Gasteiger partial charge < -0.3 is 0 Å². The lowest BCUT2D eigenvalue weighted by Gasteiger charge is -2.10. The van der Waals surface area contributed by atoms with E-state index in [2.05, 4.69) is 54.6 Å². The van der Waals surface area contributed by atoms with Crippen molar-refractivity contribution in [3.63, 3.8) is 0 Å². The van der Waals surface area contributed by atoms with Crippen LogP contribution in [0.25, 0.3) is 22.3 Å². The Morgan fingerprint density at radius 1 is 0.783 bits per heavy atom. The molecule has 0 heterocycles. The van der Waals surface area contributed by atoms with E-state index in [1.165, 1.54) is 16.7 Å². The van der Waals surface area contributed by atoms with Crippen molar-refractivity contribution in [2.24, 2.45) is 5.92 Å². The quantitative estimate of drug-likeness (QED) is 0.619. The Morgan fingerprint density at radius 2 is 1.48 bits per heavy atom. The van der Waals surface area contributed by atoms with E-state index in [0.717, 1.165) is 23.1 Å². The molecule has 3 aromatic rings. The van der Waals surface area contributed by atoms with Crippen LogP contribution in [0.4, 0.5) is 0 Å². The highest BCUT2D eigenvalue weighted by molar-refractivity contribution is 6.07. The first-order valence-corrected chi connectivity index (χ1v) is 8.06. The maximum absolute atomic E-state index is 12.5. The van der Waals surface area contributed by atoms with Crippen LogP contribution >= 0.6 is 0 Å². The largest absolute Gasteiger partial charge is 0.294 e. The highest BCUT2D eigenvalue weighted by Gasteiger charge is 2.29. The van der Waals surface area contributed by atoms with E-state index in [0.29, 0.717) is 0 Å². The minimum atomic E-state index is 0.100. The standard InChI is InChI=1S/C22H18O/c1-15-13-19-11-6-12-20(21(19)22(15)23)18-10-5-9-17(14-18)16-7-3-2-4-8-16/h2-12,14-15H,13H2,1H3. The summed E-state index contributed by atoms with van der Waals surface area (Å²) in [7, 11) is 0. The molecule has 0 fully saturated rings. The molecule has 112 valence electrons. The van der Waals surface area contributed by atoms with Crippen LogP contribution in [0.1, 0.15) is 22.8 Å². The van der Waals surface area contributed by atoms with Gasteiger partial charge in [-0.3, -0.25) is 4.79 Å². The SMILES string of the molecule is CC1Cc2cccc(-c3cccc(-c4ccccc4)c3)c2C1=O. The molecule has 0 saturated carbocycles. The molecular weight excluding hydrogens is 280 g/mol. The maximum atomic E-state index is 12.5. The van der Waals surface area contributed by atoms with Crippen molar-refractivity contribution in [2.75, 3.05) is 0 Å². The zero-order chi connectivity index (χ0) is 15.8. The third-order valence-electron chi connectivity index (χ3n) is 4.65. The second-order valence-electron chi connectivity index (χ2n) is 6.26. The average Bonchev–Trinajstić information content (AvgIpc) is 2.90. The second kappa shape index (κ2) is 5.51. The van der Waals surface area contributed by atoms with Crippen LogP contribution in [0.5, 0.6) is 0 Å². The van der Waals surface area contributed by atoms with Crippen LogP contribution in [-0.2, 0) is 6.42 Å². The molecule has 1 nitrogen and oxygen atoms in total. The van der Waals surface area contributed by atoms with Crippen molar-refractivity contribution in [2.45, 2.75) is 13.3 Å². The molecule has 1 heteroatoms. The highest BCUT2D eigenvalue weighted by Crippen LogP contribution is 2.36. The molecule has 1 unspecified atom stereocenters. The minimum Gasteiger partial charge on any atom is -0.294 e. The summed E-state index contributed by atoms with van der Waals surface area (Å²) in [4.78, 5) is 12.5. The van der Waals surface area contributed by atoms with Crippen LogP contribution in [0.3, 0.4) is 0 Å². The Kier molecular flexibility index (Phi) is 3.34. The van der Waals surface area contributed by atoms with Crippen LogP contribution < -0.4 is 0 Å². The minimum absolute atomic E-state index is 0.100. The highest BCUT2D eigenvalue weighted by atomic mass is 16.1. The molecule has 0 bridgehead atoms. The number of fused-ring (bicyclic) bond motifs is 1. The van der Waals surface area contributed by atoms with Crippen molar-refractivity contribution < 1.29 is 4.79 Å². The van der Waals surface area contributed by atoms with E-state index < -0.39 is 0 Å². The topological polar surface area (TPSA) is 17.1 Å². The molecule has 1 atom stereocenters. The lowest BCUT2D eigenvalue weighted by molar-refractivity contribution is 0.0947. The second-order valence-corrected chi connectivity index (χ2v) is 6.26. The van der Waals surface area contributed by atoms with Gasteiger partial charge in [-0.05, 0) is 40.3 Å². The number of carbonyl (C=O) groups is 1. The number of hydrogen-bond donors (Lipinski definition) is 0. The normalized spacial score (nSPS) is 16.4. The van der Waals surface area contributed by atoms with Gasteiger partial charge in [0.05, 0.1) is 0 Å². The fourth-order valence-corrected chi connectivity index (χ4v) is 3.47. The molecule has 0 saturated heterocycles. The third kappa shape index (κ3) is 2.39. The van der Waals surface area contributed by atoms with Gasteiger partial charge in [-0.25, -0.2) is 0 Å². The van der Waals surface area contributed by atoms with Gasteiger partial charge in [-0.15, -0.1) is 0 Å². The monoisotopic (exact) mass is 298 g/mol. The van der Waals surface area contributed by atoms with Crippen LogP contribution in [0.15, 0.2) is 72.8 Å². The molecule has 23 heavy (non-hydrogen) atoms. The van der Waals surface area contributed by atoms with Gasteiger partial charge in [0.15, 0.2) is 5.78 Å². The van der Waals surface area contributed by atoms with Gasteiger partial charge in [-0.2, -0.15) is 0 Å². The first-order chi connectivity index (χ1) is 11.2. The summed E-state index contributed by atoms with van der Waals surface area (Å²) < 4.78 is 0. The molecule has 1 aliphatic carbocycles. The zero-order valence-corrected chi connectivity index (χ0v) is 13.1. The Balaban J connectivity index is 1.85. The fraction of sp³-hybridized carbons (Fsp3) is 0.136. The van der Waals surface area contributed by atoms with Crippen LogP contribution in [0.2, 0.25) is 0 Å². The molecule has 3 aromatic carbocycles. The van der Waals surface area contributed by atoms with E-state index in [1.54, 1.807) is 0 Å². The van der Waals surface area contributed by atoms with Gasteiger partial charge in [0.25, 0.3) is 0 Å². The molecule has 0 spiro atoms. The average molecular weight is 298 g/mol. The zero-order valence-electron chi connectivity index (χ0n) is 13.1. The molecule has 0 radical (unpaired) electrons. The van der Waals surface area contributed by atoms with E-state index in [9.17, 15) is 4.79 Å². The van der Waals surface area contributed by atoms with E-state index >= 15 is 0 Å². The lowest BCUT2D eigenvalue weighted by atomic mass is 9.93. The van der Waals surface area contributed by atoms with E-state index in [-0.39, 0.29) is 11.7 Å². The summed E-state index contributed by atoms with van der Waals surface area (Å²) in [6, 6.07) is 25.0. The number of hydrogen-bond acceptors (Lipinski definition) is 1. The summed E-state index contributed by atoms with van der Waals surface area (Å²) in [5.41, 5.74) is 6.66. The summed E-state index contributed by atoms with van der Waals surface area (Å²) in [5.74, 6) is 0.379. The summed E-state index contributed by atoms with van der Waals surface area (Å²) in [6.07, 6.45) is 0.861. The molecule has 0 aliphatic heterocycles. The molecule has 0 amide bonds. The van der Waals surface area contributed by atoms with Crippen molar-refractivity contribution in [3.8, 4) is 22.3 Å². The van der Waals surface area contributed by atoms with Gasteiger partial charge in [-0.1, -0.05) is 73.7 Å². The Labute approximate surface area is 136 Å². The number of rotatable bonds is 2. The predicted octanol–water partition coefficient (Wildman–Crippen LogP) is 5.40. The molecule has 0 N–H and O–H groups in total. The predicted molar refractivity (Wildman–Crippen MR) is 94.5 cm³/mol. The van der Waals surface area contributed by atoms with E-state index in [4.69, 9.17) is 0 Å². The van der Waals surface area contributed by atoms with Crippen molar-refractivity contribution in [1.29, 1.82) is 0 Å². The Morgan fingerprint density at radius 3 is 2.30 bits per heavy atom. The van der Waals surface area contributed by atoms with Crippen LogP contribution in [-0.4, -0.2) is 5.78 Å². The van der Waals surface area contributed by atoms with Crippen molar-refractivity contribution >= 4 is 5.78 Å². The van der Waals surface area contributed by atoms with Crippen molar-refractivity contribution in [1.82, 2.24) is 0 Å². The molecular formula is C22H18O. The number of benzene rings is 3. The summed E-state index contributed by atoms with van der Waals surface area (Å²) >= 11 is 0. The Hall–Kier alpha value is -2.67. The fourth-order valence-electron chi connectivity index (χ4n) is 3.47. The number of ketones is 1. The first-order valence-electron chi connectivity index (χ1n) is 8.06. The van der Waals surface area contributed by atoms with Gasteiger partial charge in [0.2, 0.25) is 0 Å². The molecule has 1 aliphatic rings.